The molecule has 0 heterocycles. The van der Waals surface area contributed by atoms with E-state index in [1.54, 1.807) is 21.1 Å². The second kappa shape index (κ2) is 5.54. The average molecular weight is 222 g/mol. The van der Waals surface area contributed by atoms with E-state index >= 15 is 0 Å². The molecule has 0 saturated carbocycles. The maximum Gasteiger partial charge on any atom is 0.160 e. The molecular weight excluding hydrogens is 204 g/mol. The van der Waals surface area contributed by atoms with E-state index in [4.69, 9.17) is 9.47 Å². The van der Waals surface area contributed by atoms with Gasteiger partial charge in [0, 0.05) is 5.92 Å². The fourth-order valence-electron chi connectivity index (χ4n) is 1.50. The second-order valence-electron chi connectivity index (χ2n) is 3.91. The summed E-state index contributed by atoms with van der Waals surface area (Å²) in [5.41, 5.74) is 1.08. The lowest BCUT2D eigenvalue weighted by molar-refractivity contribution is -0.120. The van der Waals surface area contributed by atoms with Crippen molar-refractivity contribution < 1.29 is 14.3 Å². The molecule has 0 spiro atoms. The summed E-state index contributed by atoms with van der Waals surface area (Å²) in [5, 5.41) is 0. The summed E-state index contributed by atoms with van der Waals surface area (Å²) in [5.74, 6) is 1.66. The molecule has 1 rings (SSSR count). The lowest BCUT2D eigenvalue weighted by atomic mass is 9.98. The second-order valence-corrected chi connectivity index (χ2v) is 3.91. The quantitative estimate of drug-likeness (QED) is 0.767. The lowest BCUT2D eigenvalue weighted by Crippen LogP contribution is -2.09. The SMILES string of the molecule is COc1ccc(CC(C)C(C)=O)cc1OC. The van der Waals surface area contributed by atoms with Crippen molar-refractivity contribution >= 4 is 5.78 Å². The number of ether oxygens (including phenoxy) is 2. The van der Waals surface area contributed by atoms with Crippen LogP contribution in [0.3, 0.4) is 0 Å². The zero-order valence-electron chi connectivity index (χ0n) is 10.2. The van der Waals surface area contributed by atoms with Crippen LogP contribution in [0, 0.1) is 5.92 Å². The van der Waals surface area contributed by atoms with Gasteiger partial charge in [-0.05, 0) is 31.0 Å². The molecule has 1 atom stereocenters. The van der Waals surface area contributed by atoms with Gasteiger partial charge in [-0.25, -0.2) is 0 Å². The number of benzene rings is 1. The van der Waals surface area contributed by atoms with Crippen LogP contribution in [0.4, 0.5) is 0 Å². The largest absolute Gasteiger partial charge is 0.493 e. The predicted octanol–water partition coefficient (Wildman–Crippen LogP) is 2.47. The van der Waals surface area contributed by atoms with E-state index in [1.807, 2.05) is 25.1 Å². The topological polar surface area (TPSA) is 35.5 Å². The van der Waals surface area contributed by atoms with Crippen LogP contribution >= 0.6 is 0 Å². The standard InChI is InChI=1S/C13H18O3/c1-9(10(2)14)7-11-5-6-12(15-3)13(8-11)16-4/h5-6,8-9H,7H2,1-4H3. The van der Waals surface area contributed by atoms with E-state index in [2.05, 4.69) is 0 Å². The molecule has 3 nitrogen and oxygen atoms in total. The van der Waals surface area contributed by atoms with Crippen LogP contribution in [0.5, 0.6) is 11.5 Å². The van der Waals surface area contributed by atoms with E-state index in [9.17, 15) is 4.79 Å². The maximum atomic E-state index is 11.2. The average Bonchev–Trinajstić information content (AvgIpc) is 2.28. The summed E-state index contributed by atoms with van der Waals surface area (Å²) in [7, 11) is 3.21. The molecule has 0 aliphatic carbocycles. The van der Waals surface area contributed by atoms with E-state index in [0.29, 0.717) is 11.5 Å². The first-order valence-electron chi connectivity index (χ1n) is 5.29. The number of methoxy groups -OCH3 is 2. The Kier molecular flexibility index (Phi) is 4.35. The summed E-state index contributed by atoms with van der Waals surface area (Å²) in [4.78, 5) is 11.2. The molecule has 0 amide bonds. The molecule has 0 aliphatic heterocycles. The normalized spacial score (nSPS) is 12.0. The van der Waals surface area contributed by atoms with Crippen LogP contribution < -0.4 is 9.47 Å². The molecule has 1 unspecified atom stereocenters. The van der Waals surface area contributed by atoms with Crippen LogP contribution in [0.25, 0.3) is 0 Å². The molecule has 0 saturated heterocycles. The van der Waals surface area contributed by atoms with Gasteiger partial charge in [-0.3, -0.25) is 4.79 Å². The number of carbonyl (C=O) groups is 1. The number of hydrogen-bond acceptors (Lipinski definition) is 3. The fraction of sp³-hybridized carbons (Fsp3) is 0.462. The van der Waals surface area contributed by atoms with E-state index in [-0.39, 0.29) is 11.7 Å². The van der Waals surface area contributed by atoms with Gasteiger partial charge in [0.15, 0.2) is 11.5 Å². The molecule has 1 aromatic carbocycles. The van der Waals surface area contributed by atoms with Gasteiger partial charge in [-0.15, -0.1) is 0 Å². The number of ketones is 1. The molecule has 16 heavy (non-hydrogen) atoms. The highest BCUT2D eigenvalue weighted by Crippen LogP contribution is 2.28. The highest BCUT2D eigenvalue weighted by Gasteiger charge is 2.10. The zero-order valence-corrected chi connectivity index (χ0v) is 10.2. The first-order valence-corrected chi connectivity index (χ1v) is 5.29. The predicted molar refractivity (Wildman–Crippen MR) is 63.1 cm³/mol. The van der Waals surface area contributed by atoms with Crippen molar-refractivity contribution in [2.45, 2.75) is 20.3 Å². The van der Waals surface area contributed by atoms with Gasteiger partial charge in [-0.1, -0.05) is 13.0 Å². The lowest BCUT2D eigenvalue weighted by Gasteiger charge is -2.11. The molecule has 88 valence electrons. The third kappa shape index (κ3) is 2.99. The Hall–Kier alpha value is -1.51. The Bertz CT molecular complexity index is 371. The van der Waals surface area contributed by atoms with Crippen molar-refractivity contribution in [1.29, 1.82) is 0 Å². The highest BCUT2D eigenvalue weighted by atomic mass is 16.5. The summed E-state index contributed by atoms with van der Waals surface area (Å²) < 4.78 is 10.4. The number of hydrogen-bond donors (Lipinski definition) is 0. The van der Waals surface area contributed by atoms with Gasteiger partial charge in [-0.2, -0.15) is 0 Å². The van der Waals surface area contributed by atoms with Crippen molar-refractivity contribution in [2.24, 2.45) is 5.92 Å². The molecule has 3 heteroatoms. The molecule has 0 N–H and O–H groups in total. The number of carbonyl (C=O) groups excluding carboxylic acids is 1. The fourth-order valence-corrected chi connectivity index (χ4v) is 1.50. The van der Waals surface area contributed by atoms with E-state index in [0.717, 1.165) is 12.0 Å². The number of Topliss-reactive ketones (excluding diaryl/α,β-unsaturated/α-hetero) is 1. The van der Waals surface area contributed by atoms with Crippen molar-refractivity contribution in [1.82, 2.24) is 0 Å². The van der Waals surface area contributed by atoms with Crippen molar-refractivity contribution in [2.75, 3.05) is 14.2 Å². The molecule has 0 aromatic heterocycles. The van der Waals surface area contributed by atoms with Crippen LogP contribution in [0.15, 0.2) is 18.2 Å². The minimum atomic E-state index is 0.0399. The van der Waals surface area contributed by atoms with Crippen molar-refractivity contribution in [3.05, 3.63) is 23.8 Å². The zero-order chi connectivity index (χ0) is 12.1. The molecule has 0 fully saturated rings. The van der Waals surface area contributed by atoms with Crippen LogP contribution in [0.1, 0.15) is 19.4 Å². The van der Waals surface area contributed by atoms with Gasteiger partial charge >= 0.3 is 0 Å². The van der Waals surface area contributed by atoms with E-state index in [1.165, 1.54) is 0 Å². The Morgan fingerprint density at radius 3 is 2.38 bits per heavy atom. The van der Waals surface area contributed by atoms with Gasteiger partial charge < -0.3 is 9.47 Å². The monoisotopic (exact) mass is 222 g/mol. The third-order valence-corrected chi connectivity index (χ3v) is 2.68. The summed E-state index contributed by atoms with van der Waals surface area (Å²) in [6.07, 6.45) is 0.732. The van der Waals surface area contributed by atoms with Crippen LogP contribution in [-0.2, 0) is 11.2 Å². The van der Waals surface area contributed by atoms with Gasteiger partial charge in [0.25, 0.3) is 0 Å². The van der Waals surface area contributed by atoms with Crippen molar-refractivity contribution in [3.8, 4) is 11.5 Å². The minimum absolute atomic E-state index is 0.0399. The third-order valence-electron chi connectivity index (χ3n) is 2.68. The van der Waals surface area contributed by atoms with E-state index < -0.39 is 0 Å². The maximum absolute atomic E-state index is 11.2. The Morgan fingerprint density at radius 2 is 1.88 bits per heavy atom. The molecule has 1 aromatic rings. The Balaban J connectivity index is 2.86. The minimum Gasteiger partial charge on any atom is -0.493 e. The summed E-state index contributed by atoms with van der Waals surface area (Å²) >= 11 is 0. The summed E-state index contributed by atoms with van der Waals surface area (Å²) in [6, 6.07) is 5.74. The van der Waals surface area contributed by atoms with Crippen molar-refractivity contribution in [3.63, 3.8) is 0 Å². The summed E-state index contributed by atoms with van der Waals surface area (Å²) in [6.45, 7) is 3.55. The van der Waals surface area contributed by atoms with Crippen LogP contribution in [0.2, 0.25) is 0 Å². The Labute approximate surface area is 96.4 Å². The molecule has 0 aliphatic rings. The Morgan fingerprint density at radius 1 is 1.25 bits per heavy atom. The van der Waals surface area contributed by atoms with Gasteiger partial charge in [0.05, 0.1) is 14.2 Å². The number of rotatable bonds is 5. The van der Waals surface area contributed by atoms with Gasteiger partial charge in [0.2, 0.25) is 0 Å². The van der Waals surface area contributed by atoms with Crippen LogP contribution in [-0.4, -0.2) is 20.0 Å². The first-order chi connectivity index (χ1) is 7.58. The molecular formula is C13H18O3. The smallest absolute Gasteiger partial charge is 0.160 e. The molecule has 0 radical (unpaired) electrons. The highest BCUT2D eigenvalue weighted by molar-refractivity contribution is 5.78. The molecule has 0 bridgehead atoms. The first kappa shape index (κ1) is 12.6. The van der Waals surface area contributed by atoms with Gasteiger partial charge in [0.1, 0.15) is 5.78 Å².